The highest BCUT2D eigenvalue weighted by Gasteiger charge is 2.32. The van der Waals surface area contributed by atoms with Crippen molar-refractivity contribution in [3.8, 4) is 5.75 Å². The summed E-state index contributed by atoms with van der Waals surface area (Å²) in [5, 5.41) is 3.74. The van der Waals surface area contributed by atoms with Crippen molar-refractivity contribution < 1.29 is 4.74 Å². The smallest absolute Gasteiger partial charge is 0.124 e. The topological polar surface area (TPSA) is 21.3 Å². The molecular weight excluding hydrogens is 258 g/mol. The van der Waals surface area contributed by atoms with E-state index in [0.29, 0.717) is 6.04 Å². The van der Waals surface area contributed by atoms with Crippen molar-refractivity contribution in [2.75, 3.05) is 6.54 Å². The van der Waals surface area contributed by atoms with Crippen LogP contribution in [-0.4, -0.2) is 12.1 Å². The number of para-hydroxylation sites is 1. The predicted molar refractivity (Wildman–Crippen MR) is 89.9 cm³/mol. The third-order valence-electron chi connectivity index (χ3n) is 4.30. The summed E-state index contributed by atoms with van der Waals surface area (Å²) in [5.41, 5.74) is 1.25. The van der Waals surface area contributed by atoms with E-state index in [1.807, 2.05) is 0 Å². The molecule has 0 radical (unpaired) electrons. The highest BCUT2D eigenvalue weighted by Crippen LogP contribution is 2.39. The summed E-state index contributed by atoms with van der Waals surface area (Å²) in [6.45, 7) is 7.75. The Morgan fingerprint density at radius 2 is 1.81 bits per heavy atom. The molecule has 1 aliphatic rings. The third kappa shape index (κ3) is 5.03. The van der Waals surface area contributed by atoms with Gasteiger partial charge >= 0.3 is 0 Å². The van der Waals surface area contributed by atoms with Crippen LogP contribution in [0.5, 0.6) is 5.75 Å². The lowest BCUT2D eigenvalue weighted by Gasteiger charge is -2.38. The van der Waals surface area contributed by atoms with Gasteiger partial charge in [0.1, 0.15) is 11.4 Å². The predicted octanol–water partition coefficient (Wildman–Crippen LogP) is 5.24. The summed E-state index contributed by atoms with van der Waals surface area (Å²) in [6.07, 6.45) is 9.15. The van der Waals surface area contributed by atoms with Gasteiger partial charge in [-0.15, -0.1) is 0 Å². The zero-order valence-corrected chi connectivity index (χ0v) is 14.0. The quantitative estimate of drug-likeness (QED) is 0.661. The van der Waals surface area contributed by atoms with Crippen LogP contribution in [0.3, 0.4) is 0 Å². The van der Waals surface area contributed by atoms with E-state index >= 15 is 0 Å². The molecule has 2 heteroatoms. The summed E-state index contributed by atoms with van der Waals surface area (Å²) < 4.78 is 6.08. The van der Waals surface area contributed by atoms with Gasteiger partial charge in [-0.3, -0.25) is 0 Å². The monoisotopic (exact) mass is 289 g/mol. The fourth-order valence-corrected chi connectivity index (χ4v) is 3.17. The van der Waals surface area contributed by atoms with Crippen molar-refractivity contribution >= 4 is 0 Å². The van der Waals surface area contributed by atoms with E-state index in [4.69, 9.17) is 4.74 Å². The molecule has 1 aliphatic heterocycles. The van der Waals surface area contributed by atoms with Crippen LogP contribution in [0.25, 0.3) is 0 Å². The van der Waals surface area contributed by atoms with E-state index in [0.717, 1.165) is 18.7 Å². The van der Waals surface area contributed by atoms with E-state index in [1.165, 1.54) is 44.1 Å². The zero-order valence-electron chi connectivity index (χ0n) is 14.0. The Balaban J connectivity index is 1.80. The Bertz CT molecular complexity index is 427. The summed E-state index contributed by atoms with van der Waals surface area (Å²) in [4.78, 5) is 0. The Hall–Kier alpha value is -1.02. The van der Waals surface area contributed by atoms with Gasteiger partial charge in [0.05, 0.1) is 0 Å². The van der Waals surface area contributed by atoms with E-state index in [2.05, 4.69) is 50.4 Å². The Kier molecular flexibility index (Phi) is 6.10. The van der Waals surface area contributed by atoms with Crippen LogP contribution >= 0.6 is 0 Å². The van der Waals surface area contributed by atoms with Gasteiger partial charge in [0, 0.05) is 18.0 Å². The van der Waals surface area contributed by atoms with Gasteiger partial charge in [-0.2, -0.15) is 0 Å². The van der Waals surface area contributed by atoms with Crippen LogP contribution in [0.15, 0.2) is 24.3 Å². The Morgan fingerprint density at radius 1 is 1.10 bits per heavy atom. The number of hydrogen-bond donors (Lipinski definition) is 1. The number of hydrogen-bond acceptors (Lipinski definition) is 2. The molecule has 0 fully saturated rings. The Labute approximate surface area is 130 Å². The zero-order chi connectivity index (χ0) is 15.1. The maximum atomic E-state index is 6.08. The lowest BCUT2D eigenvalue weighted by Crippen LogP contribution is -2.39. The molecule has 1 heterocycles. The Morgan fingerprint density at radius 3 is 2.62 bits per heavy atom. The molecule has 118 valence electrons. The van der Waals surface area contributed by atoms with Crippen LogP contribution in [-0.2, 0) is 0 Å². The second-order valence-electron chi connectivity index (χ2n) is 6.88. The number of rotatable bonds is 8. The minimum absolute atomic E-state index is 0.0762. The molecule has 1 N–H and O–H groups in total. The standard InChI is InChI=1S/C19H31NO/c1-4-5-6-7-8-11-14-20-17-15-19(2,3)21-18-13-10-9-12-16(17)18/h9-10,12-13,17,20H,4-8,11,14-15H2,1-3H3. The van der Waals surface area contributed by atoms with Crippen LogP contribution in [0, 0.1) is 0 Å². The van der Waals surface area contributed by atoms with Gasteiger partial charge < -0.3 is 10.1 Å². The van der Waals surface area contributed by atoms with E-state index in [1.54, 1.807) is 0 Å². The average Bonchev–Trinajstić information content (AvgIpc) is 2.45. The highest BCUT2D eigenvalue weighted by atomic mass is 16.5. The first-order chi connectivity index (χ1) is 10.1. The van der Waals surface area contributed by atoms with Crippen molar-refractivity contribution in [3.05, 3.63) is 29.8 Å². The molecule has 1 aromatic carbocycles. The fourth-order valence-electron chi connectivity index (χ4n) is 3.17. The summed E-state index contributed by atoms with van der Waals surface area (Å²) >= 11 is 0. The molecular formula is C19H31NO. The van der Waals surface area contributed by atoms with E-state index < -0.39 is 0 Å². The molecule has 1 atom stereocenters. The highest BCUT2D eigenvalue weighted by molar-refractivity contribution is 5.38. The van der Waals surface area contributed by atoms with Crippen molar-refractivity contribution in [3.63, 3.8) is 0 Å². The van der Waals surface area contributed by atoms with Crippen LogP contribution in [0.4, 0.5) is 0 Å². The van der Waals surface area contributed by atoms with Crippen LogP contribution < -0.4 is 10.1 Å². The molecule has 1 unspecified atom stereocenters. The second-order valence-corrected chi connectivity index (χ2v) is 6.88. The molecule has 0 bridgehead atoms. The number of benzene rings is 1. The van der Waals surface area contributed by atoms with Crippen LogP contribution in [0.1, 0.15) is 77.3 Å². The summed E-state index contributed by atoms with van der Waals surface area (Å²) in [5.74, 6) is 1.05. The molecule has 0 saturated carbocycles. The van der Waals surface area contributed by atoms with Gasteiger partial charge in [0.15, 0.2) is 0 Å². The largest absolute Gasteiger partial charge is 0.487 e. The maximum absolute atomic E-state index is 6.08. The van der Waals surface area contributed by atoms with Gasteiger partial charge in [-0.25, -0.2) is 0 Å². The third-order valence-corrected chi connectivity index (χ3v) is 4.30. The number of fused-ring (bicyclic) bond motifs is 1. The van der Waals surface area contributed by atoms with Gasteiger partial charge in [0.25, 0.3) is 0 Å². The first-order valence-corrected chi connectivity index (χ1v) is 8.64. The number of unbranched alkanes of at least 4 members (excludes halogenated alkanes) is 5. The first-order valence-electron chi connectivity index (χ1n) is 8.64. The summed E-state index contributed by atoms with van der Waals surface area (Å²) in [7, 11) is 0. The average molecular weight is 289 g/mol. The second kappa shape index (κ2) is 7.84. The fraction of sp³-hybridized carbons (Fsp3) is 0.684. The first kappa shape index (κ1) is 16.4. The SMILES string of the molecule is CCCCCCCCNC1CC(C)(C)Oc2ccccc21. The van der Waals surface area contributed by atoms with E-state index in [9.17, 15) is 0 Å². The minimum Gasteiger partial charge on any atom is -0.487 e. The molecule has 0 aliphatic carbocycles. The molecule has 2 nitrogen and oxygen atoms in total. The van der Waals surface area contributed by atoms with Gasteiger partial charge in [-0.1, -0.05) is 57.2 Å². The molecule has 2 rings (SSSR count). The maximum Gasteiger partial charge on any atom is 0.124 e. The van der Waals surface area contributed by atoms with Crippen molar-refractivity contribution in [2.45, 2.75) is 77.4 Å². The van der Waals surface area contributed by atoms with Crippen molar-refractivity contribution in [2.24, 2.45) is 0 Å². The summed E-state index contributed by atoms with van der Waals surface area (Å²) in [6, 6.07) is 8.89. The normalized spacial score (nSPS) is 19.9. The number of ether oxygens (including phenoxy) is 1. The molecule has 0 spiro atoms. The molecule has 0 aromatic heterocycles. The molecule has 1 aromatic rings. The lowest BCUT2D eigenvalue weighted by atomic mass is 9.89. The number of nitrogens with one attached hydrogen (secondary N) is 1. The van der Waals surface area contributed by atoms with Crippen LogP contribution in [0.2, 0.25) is 0 Å². The van der Waals surface area contributed by atoms with Gasteiger partial charge in [0.2, 0.25) is 0 Å². The lowest BCUT2D eigenvalue weighted by molar-refractivity contribution is 0.0660. The van der Waals surface area contributed by atoms with Crippen molar-refractivity contribution in [1.82, 2.24) is 5.32 Å². The molecule has 0 saturated heterocycles. The minimum atomic E-state index is -0.0762. The molecule has 21 heavy (non-hydrogen) atoms. The van der Waals surface area contributed by atoms with Gasteiger partial charge in [-0.05, 0) is 32.9 Å². The van der Waals surface area contributed by atoms with E-state index in [-0.39, 0.29) is 5.60 Å². The molecule has 0 amide bonds. The van der Waals surface area contributed by atoms with Crippen molar-refractivity contribution in [1.29, 1.82) is 0 Å².